The quantitative estimate of drug-likeness (QED) is 0.684. The van der Waals surface area contributed by atoms with Crippen LogP contribution >= 0.6 is 11.3 Å². The first kappa shape index (κ1) is 17.6. The molecule has 1 aromatic carbocycles. The molecule has 1 N–H and O–H groups in total. The average Bonchev–Trinajstić information content (AvgIpc) is 3.22. The van der Waals surface area contributed by atoms with Crippen molar-refractivity contribution < 1.29 is 14.0 Å². The number of amides is 1. The zero-order valence-electron chi connectivity index (χ0n) is 15.0. The Kier molecular flexibility index (Phi) is 4.39. The van der Waals surface area contributed by atoms with Gasteiger partial charge in [0.05, 0.1) is 11.3 Å². The van der Waals surface area contributed by atoms with Gasteiger partial charge in [0.2, 0.25) is 5.91 Å². The van der Waals surface area contributed by atoms with Gasteiger partial charge in [0.15, 0.2) is 10.9 Å². The molecule has 2 heterocycles. The number of nitrogens with one attached hydrogen (secondary N) is 1. The number of carbonyl (C=O) groups is 2. The molecule has 2 aromatic heterocycles. The molecular formula is C20H18FN3O2S. The van der Waals surface area contributed by atoms with E-state index < -0.39 is 0 Å². The minimum absolute atomic E-state index is 0.0646. The Morgan fingerprint density at radius 2 is 2.22 bits per heavy atom. The highest BCUT2D eigenvalue weighted by Crippen LogP contribution is 2.33. The summed E-state index contributed by atoms with van der Waals surface area (Å²) in [4.78, 5) is 34.0. The zero-order chi connectivity index (χ0) is 19.1. The lowest BCUT2D eigenvalue weighted by atomic mass is 9.89. The number of benzene rings is 1. The van der Waals surface area contributed by atoms with Crippen molar-refractivity contribution in [3.63, 3.8) is 0 Å². The molecule has 1 aliphatic carbocycles. The van der Waals surface area contributed by atoms with E-state index in [1.165, 1.54) is 30.4 Å². The molecule has 7 heteroatoms. The van der Waals surface area contributed by atoms with E-state index in [4.69, 9.17) is 0 Å². The third-order valence-corrected chi connectivity index (χ3v) is 5.64. The van der Waals surface area contributed by atoms with Gasteiger partial charge in [-0.05, 0) is 44.0 Å². The van der Waals surface area contributed by atoms with E-state index in [9.17, 15) is 14.0 Å². The Bertz CT molecular complexity index is 1100. The van der Waals surface area contributed by atoms with Crippen LogP contribution in [0.4, 0.5) is 9.52 Å². The lowest BCUT2D eigenvalue weighted by molar-refractivity contribution is -0.116. The van der Waals surface area contributed by atoms with Gasteiger partial charge < -0.3 is 4.98 Å². The number of rotatable bonds is 3. The Labute approximate surface area is 159 Å². The molecule has 0 atom stereocenters. The third-order valence-electron chi connectivity index (χ3n) is 4.76. The number of thiazole rings is 1. The Hall–Kier alpha value is -2.80. The summed E-state index contributed by atoms with van der Waals surface area (Å²) in [5.74, 6) is -0.520. The second kappa shape index (κ2) is 6.74. The molecule has 5 nitrogen and oxygen atoms in total. The molecule has 0 spiro atoms. The fraction of sp³-hybridized carbons (Fsp3) is 0.250. The number of carbonyl (C=O) groups excluding carboxylic acids is 2. The first-order chi connectivity index (χ1) is 13.0. The van der Waals surface area contributed by atoms with E-state index in [0.29, 0.717) is 46.7 Å². The van der Waals surface area contributed by atoms with E-state index in [1.54, 1.807) is 17.0 Å². The lowest BCUT2D eigenvalue weighted by Gasteiger charge is -2.15. The van der Waals surface area contributed by atoms with Gasteiger partial charge in [-0.3, -0.25) is 14.5 Å². The molecule has 138 valence electrons. The smallest absolute Gasteiger partial charge is 0.225 e. The van der Waals surface area contributed by atoms with Gasteiger partial charge in [0, 0.05) is 41.0 Å². The largest absolute Gasteiger partial charge is 0.358 e. The molecule has 0 bridgehead atoms. The molecule has 1 amide bonds. The van der Waals surface area contributed by atoms with Crippen LogP contribution in [0.5, 0.6) is 0 Å². The number of Topliss-reactive ketones (excluding diaryl/α,β-unsaturated/α-hetero) is 1. The summed E-state index contributed by atoms with van der Waals surface area (Å²) in [5, 5.41) is 3.08. The molecule has 4 rings (SSSR count). The standard InChI is InChI=1S/C20H18FN3O2S/c1-3-24(11(2)25)20-22-14(10-27-20)8-12-4-6-17-18(19(12)26)15-9-13(21)5-7-16(15)23-17/h5,7-10,23H,3-4,6H2,1-2H3. The number of H-pyrrole nitrogens is 1. The van der Waals surface area contributed by atoms with Gasteiger partial charge in [-0.2, -0.15) is 0 Å². The molecule has 0 fully saturated rings. The number of anilines is 1. The van der Waals surface area contributed by atoms with E-state index >= 15 is 0 Å². The van der Waals surface area contributed by atoms with Gasteiger partial charge in [0.1, 0.15) is 5.82 Å². The SMILES string of the molecule is CCN(C(C)=O)c1nc(C=C2CCc3[nH]c4ccc(F)cc4c3C2=O)cs1. The van der Waals surface area contributed by atoms with Crippen molar-refractivity contribution in [3.8, 4) is 0 Å². The van der Waals surface area contributed by atoms with Crippen LogP contribution in [0.25, 0.3) is 17.0 Å². The molecular weight excluding hydrogens is 365 g/mol. The van der Waals surface area contributed by atoms with Crippen LogP contribution < -0.4 is 4.90 Å². The predicted octanol–water partition coefficient (Wildman–Crippen LogP) is 4.35. The summed E-state index contributed by atoms with van der Waals surface area (Å²) in [6.07, 6.45) is 3.06. The van der Waals surface area contributed by atoms with Crippen LogP contribution in [0, 0.1) is 5.82 Å². The fourth-order valence-corrected chi connectivity index (χ4v) is 4.37. The fourth-order valence-electron chi connectivity index (χ4n) is 3.48. The van der Waals surface area contributed by atoms with Crippen molar-refractivity contribution in [2.45, 2.75) is 26.7 Å². The van der Waals surface area contributed by atoms with Crippen LogP contribution in [0.15, 0.2) is 29.2 Å². The normalized spacial score (nSPS) is 15.4. The second-order valence-electron chi connectivity index (χ2n) is 6.49. The number of halogens is 1. The topological polar surface area (TPSA) is 66.1 Å². The molecule has 0 saturated carbocycles. The van der Waals surface area contributed by atoms with Gasteiger partial charge in [0.25, 0.3) is 0 Å². The molecule has 0 unspecified atom stereocenters. The van der Waals surface area contributed by atoms with Crippen LogP contribution in [0.1, 0.15) is 42.0 Å². The maximum atomic E-state index is 13.7. The number of aromatic amines is 1. The highest BCUT2D eigenvalue weighted by atomic mass is 32.1. The highest BCUT2D eigenvalue weighted by Gasteiger charge is 2.26. The number of aryl methyl sites for hydroxylation is 1. The van der Waals surface area contributed by atoms with Gasteiger partial charge in [-0.25, -0.2) is 9.37 Å². The van der Waals surface area contributed by atoms with Crippen molar-refractivity contribution in [2.75, 3.05) is 11.4 Å². The minimum atomic E-state index is -0.360. The summed E-state index contributed by atoms with van der Waals surface area (Å²) in [7, 11) is 0. The van der Waals surface area contributed by atoms with Gasteiger partial charge in [-0.15, -0.1) is 11.3 Å². The Morgan fingerprint density at radius 3 is 2.96 bits per heavy atom. The van der Waals surface area contributed by atoms with Crippen LogP contribution in [-0.4, -0.2) is 28.2 Å². The van der Waals surface area contributed by atoms with Gasteiger partial charge in [-0.1, -0.05) is 0 Å². The van der Waals surface area contributed by atoms with Crippen molar-refractivity contribution >= 4 is 45.1 Å². The van der Waals surface area contributed by atoms with E-state index in [-0.39, 0.29) is 17.5 Å². The van der Waals surface area contributed by atoms with E-state index in [1.807, 2.05) is 12.3 Å². The van der Waals surface area contributed by atoms with Crippen LogP contribution in [-0.2, 0) is 11.2 Å². The van der Waals surface area contributed by atoms with Crippen molar-refractivity contribution in [1.82, 2.24) is 9.97 Å². The van der Waals surface area contributed by atoms with Crippen molar-refractivity contribution in [3.05, 3.63) is 51.9 Å². The molecule has 0 radical (unpaired) electrons. The van der Waals surface area contributed by atoms with Crippen LogP contribution in [0.3, 0.4) is 0 Å². The summed E-state index contributed by atoms with van der Waals surface area (Å²) in [6, 6.07) is 4.45. The Morgan fingerprint density at radius 1 is 1.41 bits per heavy atom. The number of fused-ring (bicyclic) bond motifs is 3. The summed E-state index contributed by atoms with van der Waals surface area (Å²) in [6.45, 7) is 3.94. The maximum absolute atomic E-state index is 13.7. The molecule has 0 saturated heterocycles. The predicted molar refractivity (Wildman–Crippen MR) is 105 cm³/mol. The minimum Gasteiger partial charge on any atom is -0.358 e. The number of aromatic nitrogens is 2. The first-order valence-corrected chi connectivity index (χ1v) is 9.65. The lowest BCUT2D eigenvalue weighted by Crippen LogP contribution is -2.27. The van der Waals surface area contributed by atoms with Gasteiger partial charge >= 0.3 is 0 Å². The molecule has 0 aliphatic heterocycles. The average molecular weight is 383 g/mol. The first-order valence-electron chi connectivity index (χ1n) is 8.77. The molecule has 3 aromatic rings. The Balaban J connectivity index is 1.70. The van der Waals surface area contributed by atoms with Crippen LogP contribution in [0.2, 0.25) is 0 Å². The van der Waals surface area contributed by atoms with E-state index in [2.05, 4.69) is 9.97 Å². The number of nitrogens with zero attached hydrogens (tertiary/aromatic N) is 2. The summed E-state index contributed by atoms with van der Waals surface area (Å²) in [5.41, 5.74) is 3.48. The second-order valence-corrected chi connectivity index (χ2v) is 7.32. The zero-order valence-corrected chi connectivity index (χ0v) is 15.8. The third kappa shape index (κ3) is 3.08. The summed E-state index contributed by atoms with van der Waals surface area (Å²) >= 11 is 1.37. The highest BCUT2D eigenvalue weighted by molar-refractivity contribution is 7.14. The molecule has 27 heavy (non-hydrogen) atoms. The van der Waals surface area contributed by atoms with E-state index in [0.717, 1.165) is 11.2 Å². The van der Waals surface area contributed by atoms with Crippen molar-refractivity contribution in [1.29, 1.82) is 0 Å². The monoisotopic (exact) mass is 383 g/mol. The maximum Gasteiger partial charge on any atom is 0.225 e. The number of ketones is 1. The number of allylic oxidation sites excluding steroid dienone is 1. The molecule has 1 aliphatic rings. The number of hydrogen-bond acceptors (Lipinski definition) is 4. The van der Waals surface area contributed by atoms with Crippen molar-refractivity contribution in [2.24, 2.45) is 0 Å². The number of hydrogen-bond donors (Lipinski definition) is 1. The summed E-state index contributed by atoms with van der Waals surface area (Å²) < 4.78 is 13.7.